The number of halogens is 1. The molecule has 4 nitrogen and oxygen atoms in total. The van der Waals surface area contributed by atoms with Crippen LogP contribution in [-0.4, -0.2) is 27.5 Å². The van der Waals surface area contributed by atoms with Crippen molar-refractivity contribution in [3.63, 3.8) is 0 Å². The SMILES string of the molecule is CSCC[C@H](NC(=O)c1ccccc1)c1nc2ccccc2n1Cc1cccc(Cl)c1. The predicted molar refractivity (Wildman–Crippen MR) is 130 cm³/mol. The lowest BCUT2D eigenvalue weighted by Crippen LogP contribution is -2.31. The van der Waals surface area contributed by atoms with Crippen molar-refractivity contribution in [1.82, 2.24) is 14.9 Å². The number of nitrogens with one attached hydrogen (secondary N) is 1. The van der Waals surface area contributed by atoms with Gasteiger partial charge in [0.2, 0.25) is 0 Å². The molecular weight excluding hydrogens is 426 g/mol. The highest BCUT2D eigenvalue weighted by Gasteiger charge is 2.22. The zero-order chi connectivity index (χ0) is 21.6. The third-order valence-electron chi connectivity index (χ3n) is 5.18. The van der Waals surface area contributed by atoms with Crippen LogP contribution in [0.15, 0.2) is 78.9 Å². The van der Waals surface area contributed by atoms with E-state index in [-0.39, 0.29) is 11.9 Å². The molecule has 0 aliphatic carbocycles. The Morgan fingerprint density at radius 2 is 1.84 bits per heavy atom. The first-order valence-corrected chi connectivity index (χ1v) is 12.0. The Bertz CT molecular complexity index is 1180. The summed E-state index contributed by atoms with van der Waals surface area (Å²) in [4.78, 5) is 17.9. The largest absolute Gasteiger partial charge is 0.342 e. The van der Waals surface area contributed by atoms with Gasteiger partial charge in [-0.2, -0.15) is 11.8 Å². The Morgan fingerprint density at radius 1 is 1.06 bits per heavy atom. The maximum atomic E-state index is 12.9. The molecule has 4 rings (SSSR count). The maximum Gasteiger partial charge on any atom is 0.251 e. The molecule has 1 N–H and O–H groups in total. The minimum atomic E-state index is -0.202. The second kappa shape index (κ2) is 10.0. The van der Waals surface area contributed by atoms with Crippen LogP contribution in [-0.2, 0) is 6.54 Å². The first kappa shape index (κ1) is 21.5. The van der Waals surface area contributed by atoms with E-state index in [1.54, 1.807) is 11.8 Å². The summed E-state index contributed by atoms with van der Waals surface area (Å²) in [6.07, 6.45) is 2.86. The number of imidazole rings is 1. The van der Waals surface area contributed by atoms with Crippen LogP contribution in [0, 0.1) is 0 Å². The van der Waals surface area contributed by atoms with Gasteiger partial charge in [0, 0.05) is 17.1 Å². The summed E-state index contributed by atoms with van der Waals surface area (Å²) < 4.78 is 2.19. The molecule has 0 aliphatic rings. The second-order valence-electron chi connectivity index (χ2n) is 7.35. The molecular formula is C25H24ClN3OS. The van der Waals surface area contributed by atoms with Gasteiger partial charge in [0.25, 0.3) is 5.91 Å². The van der Waals surface area contributed by atoms with Gasteiger partial charge in [-0.15, -0.1) is 0 Å². The average Bonchev–Trinajstić information content (AvgIpc) is 3.15. The van der Waals surface area contributed by atoms with Crippen molar-refractivity contribution in [2.75, 3.05) is 12.0 Å². The lowest BCUT2D eigenvalue weighted by atomic mass is 10.1. The van der Waals surface area contributed by atoms with Gasteiger partial charge in [0.15, 0.2) is 0 Å². The summed E-state index contributed by atoms with van der Waals surface area (Å²) in [5.41, 5.74) is 3.70. The molecule has 0 saturated carbocycles. The summed E-state index contributed by atoms with van der Waals surface area (Å²) in [5.74, 6) is 1.69. The number of carbonyl (C=O) groups is 1. The maximum absolute atomic E-state index is 12.9. The zero-order valence-corrected chi connectivity index (χ0v) is 18.9. The van der Waals surface area contributed by atoms with E-state index >= 15 is 0 Å². The topological polar surface area (TPSA) is 46.9 Å². The molecule has 6 heteroatoms. The number of aromatic nitrogens is 2. The lowest BCUT2D eigenvalue weighted by molar-refractivity contribution is 0.0933. The number of hydrogen-bond acceptors (Lipinski definition) is 3. The van der Waals surface area contributed by atoms with Crippen molar-refractivity contribution in [1.29, 1.82) is 0 Å². The van der Waals surface area contributed by atoms with Crippen LogP contribution < -0.4 is 5.32 Å². The number of benzene rings is 3. The Kier molecular flexibility index (Phi) is 6.95. The molecule has 0 saturated heterocycles. The predicted octanol–water partition coefficient (Wildman–Crippen LogP) is 5.96. The number of hydrogen-bond donors (Lipinski definition) is 1. The summed E-state index contributed by atoms with van der Waals surface area (Å²) in [7, 11) is 0. The Morgan fingerprint density at radius 3 is 2.61 bits per heavy atom. The number of para-hydroxylation sites is 2. The van der Waals surface area contributed by atoms with E-state index in [1.807, 2.05) is 66.7 Å². The summed E-state index contributed by atoms with van der Waals surface area (Å²) in [6.45, 7) is 0.632. The highest BCUT2D eigenvalue weighted by atomic mass is 35.5. The van der Waals surface area contributed by atoms with E-state index in [9.17, 15) is 4.79 Å². The molecule has 0 fully saturated rings. The van der Waals surface area contributed by atoms with Crippen LogP contribution in [0.5, 0.6) is 0 Å². The van der Waals surface area contributed by atoms with E-state index in [0.717, 1.165) is 34.6 Å². The monoisotopic (exact) mass is 449 g/mol. The fourth-order valence-corrected chi connectivity index (χ4v) is 4.36. The molecule has 1 amide bonds. The molecule has 158 valence electrons. The molecule has 0 unspecified atom stereocenters. The standard InChI is InChI=1S/C25H24ClN3OS/c1-31-15-14-22(28-25(30)19-9-3-2-4-10-19)24-27-21-12-5-6-13-23(21)29(24)17-18-8-7-11-20(26)16-18/h2-13,16,22H,14-15,17H2,1H3,(H,28,30)/t22-/m0/s1. The van der Waals surface area contributed by atoms with E-state index in [1.165, 1.54) is 0 Å². The molecule has 4 aromatic rings. The Labute approximate surface area is 191 Å². The van der Waals surface area contributed by atoms with E-state index in [2.05, 4.69) is 28.3 Å². The van der Waals surface area contributed by atoms with Crippen LogP contribution in [0.4, 0.5) is 0 Å². The average molecular weight is 450 g/mol. The van der Waals surface area contributed by atoms with Gasteiger partial charge in [-0.1, -0.05) is 54.1 Å². The van der Waals surface area contributed by atoms with E-state index in [0.29, 0.717) is 17.1 Å². The van der Waals surface area contributed by atoms with Gasteiger partial charge in [-0.25, -0.2) is 4.98 Å². The third kappa shape index (κ3) is 5.12. The van der Waals surface area contributed by atoms with E-state index < -0.39 is 0 Å². The minimum absolute atomic E-state index is 0.0898. The lowest BCUT2D eigenvalue weighted by Gasteiger charge is -2.20. The van der Waals surface area contributed by atoms with Crippen molar-refractivity contribution in [3.8, 4) is 0 Å². The zero-order valence-electron chi connectivity index (χ0n) is 17.3. The minimum Gasteiger partial charge on any atom is -0.342 e. The Balaban J connectivity index is 1.73. The van der Waals surface area contributed by atoms with Crippen molar-refractivity contribution >= 4 is 40.3 Å². The van der Waals surface area contributed by atoms with Crippen LogP contribution in [0.2, 0.25) is 5.02 Å². The number of fused-ring (bicyclic) bond motifs is 1. The van der Waals surface area contributed by atoms with Gasteiger partial charge in [0.1, 0.15) is 5.82 Å². The second-order valence-corrected chi connectivity index (χ2v) is 8.77. The van der Waals surface area contributed by atoms with Crippen molar-refractivity contribution in [2.24, 2.45) is 0 Å². The molecule has 0 spiro atoms. The van der Waals surface area contributed by atoms with E-state index in [4.69, 9.17) is 16.6 Å². The highest BCUT2D eigenvalue weighted by molar-refractivity contribution is 7.98. The first-order chi connectivity index (χ1) is 15.2. The molecule has 1 heterocycles. The molecule has 1 aromatic heterocycles. The number of thioether (sulfide) groups is 1. The van der Waals surface area contributed by atoms with Crippen LogP contribution in [0.25, 0.3) is 11.0 Å². The third-order valence-corrected chi connectivity index (χ3v) is 6.06. The van der Waals surface area contributed by atoms with Crippen molar-refractivity contribution in [3.05, 3.63) is 101 Å². The smallest absolute Gasteiger partial charge is 0.251 e. The van der Waals surface area contributed by atoms with Crippen LogP contribution >= 0.6 is 23.4 Å². The molecule has 0 radical (unpaired) electrons. The van der Waals surface area contributed by atoms with Gasteiger partial charge < -0.3 is 9.88 Å². The number of nitrogens with zero attached hydrogens (tertiary/aromatic N) is 2. The molecule has 0 aliphatic heterocycles. The summed E-state index contributed by atoms with van der Waals surface area (Å²) in [6, 6.07) is 25.1. The molecule has 3 aromatic carbocycles. The number of amides is 1. The summed E-state index contributed by atoms with van der Waals surface area (Å²) in [5, 5.41) is 3.93. The van der Waals surface area contributed by atoms with Crippen LogP contribution in [0.1, 0.15) is 34.2 Å². The Hall–Kier alpha value is -2.76. The van der Waals surface area contributed by atoms with Crippen molar-refractivity contribution in [2.45, 2.75) is 19.0 Å². The fraction of sp³-hybridized carbons (Fsp3) is 0.200. The van der Waals surface area contributed by atoms with Gasteiger partial charge in [0.05, 0.1) is 17.1 Å². The van der Waals surface area contributed by atoms with Gasteiger partial charge in [-0.3, -0.25) is 4.79 Å². The number of rotatable bonds is 8. The van der Waals surface area contributed by atoms with Gasteiger partial charge in [-0.05, 0) is 60.4 Å². The normalized spacial score (nSPS) is 12.1. The van der Waals surface area contributed by atoms with Gasteiger partial charge >= 0.3 is 0 Å². The van der Waals surface area contributed by atoms with Crippen molar-refractivity contribution < 1.29 is 4.79 Å². The molecule has 0 bridgehead atoms. The first-order valence-electron chi connectivity index (χ1n) is 10.2. The molecule has 31 heavy (non-hydrogen) atoms. The fourth-order valence-electron chi connectivity index (χ4n) is 3.68. The number of carbonyl (C=O) groups excluding carboxylic acids is 1. The molecule has 1 atom stereocenters. The van der Waals surface area contributed by atoms with Crippen LogP contribution in [0.3, 0.4) is 0 Å². The summed E-state index contributed by atoms with van der Waals surface area (Å²) >= 11 is 7.99. The quantitative estimate of drug-likeness (QED) is 0.361. The highest BCUT2D eigenvalue weighted by Crippen LogP contribution is 2.26.